The summed E-state index contributed by atoms with van der Waals surface area (Å²) in [6.45, 7) is 2.62. The van der Waals surface area contributed by atoms with Crippen LogP contribution < -0.4 is 0 Å². The number of hydrogen-bond donors (Lipinski definition) is 1. The predicted molar refractivity (Wildman–Crippen MR) is 75.8 cm³/mol. The van der Waals surface area contributed by atoms with Crippen molar-refractivity contribution < 1.29 is 18.3 Å². The largest absolute Gasteiger partial charge is 0.416 e. The molecule has 0 heterocycles. The Morgan fingerprint density at radius 2 is 1.76 bits per heavy atom. The Balaban J connectivity index is 2.09. The van der Waals surface area contributed by atoms with E-state index in [0.29, 0.717) is 12.6 Å². The van der Waals surface area contributed by atoms with Crippen molar-refractivity contribution in [2.75, 3.05) is 6.61 Å². The molecular formula is C16H22F3NO. The number of halogens is 3. The third kappa shape index (κ3) is 4.20. The first-order valence-corrected chi connectivity index (χ1v) is 7.44. The zero-order chi connectivity index (χ0) is 15.5. The molecule has 1 aromatic rings. The quantitative estimate of drug-likeness (QED) is 0.893. The number of aliphatic hydroxyl groups excluding tert-OH is 1. The summed E-state index contributed by atoms with van der Waals surface area (Å²) in [5.41, 5.74) is 0.240. The zero-order valence-electron chi connectivity index (χ0n) is 12.2. The molecule has 118 valence electrons. The fourth-order valence-electron chi connectivity index (χ4n) is 3.00. The molecule has 1 aliphatic carbocycles. The average Bonchev–Trinajstić information content (AvgIpc) is 2.97. The van der Waals surface area contributed by atoms with Gasteiger partial charge in [0.05, 0.1) is 12.2 Å². The van der Waals surface area contributed by atoms with Gasteiger partial charge in [-0.2, -0.15) is 13.2 Å². The van der Waals surface area contributed by atoms with E-state index in [1.807, 2.05) is 6.92 Å². The Bertz CT molecular complexity index is 438. The molecule has 0 aromatic heterocycles. The lowest BCUT2D eigenvalue weighted by molar-refractivity contribution is -0.137. The van der Waals surface area contributed by atoms with E-state index in [4.69, 9.17) is 0 Å². The van der Waals surface area contributed by atoms with Crippen LogP contribution in [0, 0.1) is 0 Å². The van der Waals surface area contributed by atoms with Crippen molar-refractivity contribution in [3.63, 3.8) is 0 Å². The lowest BCUT2D eigenvalue weighted by Gasteiger charge is -2.33. The molecule has 0 amide bonds. The molecular weight excluding hydrogens is 279 g/mol. The lowest BCUT2D eigenvalue weighted by Crippen LogP contribution is -2.41. The second-order valence-corrected chi connectivity index (χ2v) is 5.84. The van der Waals surface area contributed by atoms with Gasteiger partial charge in [-0.3, -0.25) is 4.90 Å². The van der Waals surface area contributed by atoms with Gasteiger partial charge in [-0.15, -0.1) is 0 Å². The number of rotatable bonds is 5. The van der Waals surface area contributed by atoms with Gasteiger partial charge in [0.1, 0.15) is 0 Å². The molecule has 1 atom stereocenters. The third-order valence-corrected chi connectivity index (χ3v) is 4.27. The van der Waals surface area contributed by atoms with Crippen LogP contribution >= 0.6 is 0 Å². The molecule has 0 bridgehead atoms. The molecule has 5 heteroatoms. The van der Waals surface area contributed by atoms with Gasteiger partial charge >= 0.3 is 6.18 Å². The molecule has 2 rings (SSSR count). The fourth-order valence-corrected chi connectivity index (χ4v) is 3.00. The van der Waals surface area contributed by atoms with Crippen LogP contribution in [0.4, 0.5) is 13.2 Å². The normalized spacial score (nSPS) is 18.4. The van der Waals surface area contributed by atoms with Gasteiger partial charge in [0.15, 0.2) is 0 Å². The minimum atomic E-state index is -4.29. The topological polar surface area (TPSA) is 23.5 Å². The van der Waals surface area contributed by atoms with Crippen LogP contribution in [0.2, 0.25) is 0 Å². The maximum absolute atomic E-state index is 12.6. The second-order valence-electron chi connectivity index (χ2n) is 5.84. The Kier molecular flexibility index (Phi) is 5.27. The highest BCUT2D eigenvalue weighted by Gasteiger charge is 2.30. The highest BCUT2D eigenvalue weighted by molar-refractivity contribution is 5.24. The smallest absolute Gasteiger partial charge is 0.395 e. The Morgan fingerprint density at radius 3 is 2.24 bits per heavy atom. The monoisotopic (exact) mass is 301 g/mol. The van der Waals surface area contributed by atoms with E-state index in [9.17, 15) is 18.3 Å². The molecule has 2 nitrogen and oxygen atoms in total. The molecule has 1 N–H and O–H groups in total. The van der Waals surface area contributed by atoms with Gasteiger partial charge in [-0.05, 0) is 37.5 Å². The van der Waals surface area contributed by atoms with Crippen molar-refractivity contribution in [3.05, 3.63) is 35.4 Å². The van der Waals surface area contributed by atoms with Gasteiger partial charge in [-0.25, -0.2) is 0 Å². The van der Waals surface area contributed by atoms with Crippen LogP contribution in [0.1, 0.15) is 43.7 Å². The standard InChI is InChI=1S/C16H22F3NO/c1-12(11-21)20(15-4-2-3-5-15)10-13-6-8-14(9-7-13)16(17,18)19/h6-9,12,15,21H,2-5,10-11H2,1H3. The van der Waals surface area contributed by atoms with Crippen molar-refractivity contribution in [1.29, 1.82) is 0 Å². The summed E-state index contributed by atoms with van der Waals surface area (Å²) in [6.07, 6.45) is 0.288. The van der Waals surface area contributed by atoms with Gasteiger partial charge in [0, 0.05) is 18.6 Å². The van der Waals surface area contributed by atoms with Crippen LogP contribution in [0.25, 0.3) is 0 Å². The van der Waals surface area contributed by atoms with Crippen molar-refractivity contribution in [1.82, 2.24) is 4.90 Å². The zero-order valence-corrected chi connectivity index (χ0v) is 12.2. The molecule has 0 saturated heterocycles. The summed E-state index contributed by atoms with van der Waals surface area (Å²) >= 11 is 0. The van der Waals surface area contributed by atoms with E-state index in [0.717, 1.165) is 30.5 Å². The molecule has 0 radical (unpaired) electrons. The Morgan fingerprint density at radius 1 is 1.19 bits per heavy atom. The summed E-state index contributed by atoms with van der Waals surface area (Å²) in [5, 5.41) is 9.40. The Labute approximate surface area is 123 Å². The number of aliphatic hydroxyl groups is 1. The first-order valence-electron chi connectivity index (χ1n) is 7.44. The van der Waals surface area contributed by atoms with Crippen molar-refractivity contribution in [2.24, 2.45) is 0 Å². The van der Waals surface area contributed by atoms with E-state index in [1.54, 1.807) is 0 Å². The molecule has 0 spiro atoms. The van der Waals surface area contributed by atoms with Gasteiger partial charge < -0.3 is 5.11 Å². The molecule has 1 aromatic carbocycles. The number of benzene rings is 1. The second kappa shape index (κ2) is 6.79. The van der Waals surface area contributed by atoms with Crippen LogP contribution in [0.5, 0.6) is 0 Å². The van der Waals surface area contributed by atoms with E-state index >= 15 is 0 Å². The van der Waals surface area contributed by atoms with Crippen molar-refractivity contribution in [2.45, 2.75) is 57.4 Å². The molecule has 1 fully saturated rings. The summed E-state index contributed by atoms with van der Waals surface area (Å²) in [5.74, 6) is 0. The van der Waals surface area contributed by atoms with Crippen LogP contribution in [0.15, 0.2) is 24.3 Å². The van der Waals surface area contributed by atoms with Crippen LogP contribution in [-0.2, 0) is 12.7 Å². The molecule has 1 saturated carbocycles. The predicted octanol–water partition coefficient (Wildman–Crippen LogP) is 3.83. The average molecular weight is 301 g/mol. The molecule has 1 aliphatic rings. The first-order chi connectivity index (χ1) is 9.91. The highest BCUT2D eigenvalue weighted by atomic mass is 19.4. The number of alkyl halides is 3. The van der Waals surface area contributed by atoms with E-state index in [1.165, 1.54) is 25.0 Å². The summed E-state index contributed by atoms with van der Waals surface area (Å²) < 4.78 is 37.7. The van der Waals surface area contributed by atoms with Crippen molar-refractivity contribution >= 4 is 0 Å². The van der Waals surface area contributed by atoms with Crippen LogP contribution in [0.3, 0.4) is 0 Å². The molecule has 1 unspecified atom stereocenters. The number of nitrogens with zero attached hydrogens (tertiary/aromatic N) is 1. The summed E-state index contributed by atoms with van der Waals surface area (Å²) in [6, 6.07) is 5.78. The van der Waals surface area contributed by atoms with Gasteiger partial charge in [0.2, 0.25) is 0 Å². The maximum atomic E-state index is 12.6. The minimum Gasteiger partial charge on any atom is -0.395 e. The maximum Gasteiger partial charge on any atom is 0.416 e. The first kappa shape index (κ1) is 16.3. The lowest BCUT2D eigenvalue weighted by atomic mass is 10.1. The Hall–Kier alpha value is -1.07. The van der Waals surface area contributed by atoms with E-state index in [2.05, 4.69) is 4.90 Å². The summed E-state index contributed by atoms with van der Waals surface area (Å²) in [4.78, 5) is 2.22. The number of hydrogen-bond acceptors (Lipinski definition) is 2. The van der Waals surface area contributed by atoms with Crippen LogP contribution in [-0.4, -0.2) is 28.7 Å². The minimum absolute atomic E-state index is 0.0235. The highest BCUT2D eigenvalue weighted by Crippen LogP contribution is 2.30. The van der Waals surface area contributed by atoms with Gasteiger partial charge in [-0.1, -0.05) is 25.0 Å². The van der Waals surface area contributed by atoms with Gasteiger partial charge in [0.25, 0.3) is 0 Å². The summed E-state index contributed by atoms with van der Waals surface area (Å²) in [7, 11) is 0. The SMILES string of the molecule is CC(CO)N(Cc1ccc(C(F)(F)F)cc1)C1CCCC1. The van der Waals surface area contributed by atoms with Crippen molar-refractivity contribution in [3.8, 4) is 0 Å². The molecule has 21 heavy (non-hydrogen) atoms. The molecule has 0 aliphatic heterocycles. The third-order valence-electron chi connectivity index (χ3n) is 4.27. The van der Waals surface area contributed by atoms with E-state index in [-0.39, 0.29) is 12.6 Å². The fraction of sp³-hybridized carbons (Fsp3) is 0.625. The van der Waals surface area contributed by atoms with E-state index < -0.39 is 11.7 Å².